The highest BCUT2D eigenvalue weighted by atomic mass is 32.2. The first kappa shape index (κ1) is 19.6. The quantitative estimate of drug-likeness (QED) is 0.342. The molecule has 2 heterocycles. The monoisotopic (exact) mass is 425 g/mol. The zero-order valence-electron chi connectivity index (χ0n) is 16.3. The van der Waals surface area contributed by atoms with E-state index in [9.17, 15) is 4.79 Å². The van der Waals surface area contributed by atoms with Gasteiger partial charge in [-0.1, -0.05) is 30.0 Å². The molecule has 0 unspecified atom stereocenters. The lowest BCUT2D eigenvalue weighted by molar-refractivity contribution is -0.113. The molecular weight excluding hydrogens is 406 g/mol. The van der Waals surface area contributed by atoms with Gasteiger partial charge in [0.15, 0.2) is 17.1 Å². The lowest BCUT2D eigenvalue weighted by Crippen LogP contribution is -2.16. The van der Waals surface area contributed by atoms with Crippen LogP contribution in [0.15, 0.2) is 58.1 Å². The summed E-state index contributed by atoms with van der Waals surface area (Å²) in [5.74, 6) is 8.13. The van der Waals surface area contributed by atoms with Gasteiger partial charge in [-0.15, -0.1) is 10.2 Å². The third-order valence-electron chi connectivity index (χ3n) is 4.30. The number of carbonyl (C=O) groups excluding carboxylic acids is 1. The number of nitrogens with zero attached hydrogens (tertiary/aromatic N) is 3. The van der Waals surface area contributed by atoms with E-state index in [1.807, 2.05) is 24.3 Å². The molecule has 0 bridgehead atoms. The standard InChI is InChI=1S/C20H19N5O4S/c1-27-14-7-4-6-13(10-14)22-17(26)11-30-20-24-23-19(25(20)21)16-9-12-5-3-8-15(28-2)18(12)29-16/h3-10H,11,21H2,1-2H3,(H,22,26). The van der Waals surface area contributed by atoms with Crippen molar-refractivity contribution in [2.75, 3.05) is 31.1 Å². The summed E-state index contributed by atoms with van der Waals surface area (Å²) in [5, 5.41) is 12.2. The van der Waals surface area contributed by atoms with Crippen molar-refractivity contribution in [2.45, 2.75) is 5.16 Å². The molecule has 2 aromatic heterocycles. The van der Waals surface area contributed by atoms with Gasteiger partial charge in [-0.3, -0.25) is 4.79 Å². The molecular formula is C20H19N5O4S. The number of rotatable bonds is 7. The topological polar surface area (TPSA) is 117 Å². The van der Waals surface area contributed by atoms with Crippen molar-refractivity contribution in [1.29, 1.82) is 0 Å². The normalized spacial score (nSPS) is 10.9. The van der Waals surface area contributed by atoms with Crippen molar-refractivity contribution in [3.8, 4) is 23.1 Å². The van der Waals surface area contributed by atoms with Crippen LogP contribution in [0, 0.1) is 0 Å². The van der Waals surface area contributed by atoms with E-state index >= 15 is 0 Å². The van der Waals surface area contributed by atoms with E-state index in [-0.39, 0.29) is 11.7 Å². The van der Waals surface area contributed by atoms with Gasteiger partial charge in [0, 0.05) is 17.1 Å². The molecule has 2 aromatic carbocycles. The molecule has 0 aliphatic carbocycles. The minimum Gasteiger partial charge on any atom is -0.497 e. The van der Waals surface area contributed by atoms with Gasteiger partial charge in [-0.2, -0.15) is 0 Å². The molecule has 4 aromatic rings. The third-order valence-corrected chi connectivity index (χ3v) is 5.24. The number of hydrogen-bond acceptors (Lipinski definition) is 8. The lowest BCUT2D eigenvalue weighted by atomic mass is 10.2. The van der Waals surface area contributed by atoms with E-state index < -0.39 is 0 Å². The minimum absolute atomic E-state index is 0.112. The van der Waals surface area contributed by atoms with Crippen LogP contribution in [0.5, 0.6) is 11.5 Å². The first-order valence-corrected chi connectivity index (χ1v) is 9.91. The second-order valence-electron chi connectivity index (χ2n) is 6.23. The number of ether oxygens (including phenoxy) is 2. The van der Waals surface area contributed by atoms with Crippen LogP contribution >= 0.6 is 11.8 Å². The van der Waals surface area contributed by atoms with Crippen molar-refractivity contribution in [3.63, 3.8) is 0 Å². The predicted octanol–water partition coefficient (Wildman–Crippen LogP) is 3.15. The zero-order chi connectivity index (χ0) is 21.1. The summed E-state index contributed by atoms with van der Waals surface area (Å²) < 4.78 is 17.6. The molecule has 0 aliphatic rings. The number of nitrogen functional groups attached to an aromatic ring is 1. The highest BCUT2D eigenvalue weighted by Crippen LogP contribution is 2.33. The van der Waals surface area contributed by atoms with Gasteiger partial charge in [-0.05, 0) is 24.3 Å². The number of hydrogen-bond donors (Lipinski definition) is 2. The van der Waals surface area contributed by atoms with Crippen molar-refractivity contribution in [3.05, 3.63) is 48.5 Å². The van der Waals surface area contributed by atoms with E-state index in [1.165, 1.54) is 16.4 Å². The van der Waals surface area contributed by atoms with Gasteiger partial charge in [-0.25, -0.2) is 4.68 Å². The zero-order valence-corrected chi connectivity index (χ0v) is 17.1. The summed E-state index contributed by atoms with van der Waals surface area (Å²) in [7, 11) is 3.15. The van der Waals surface area contributed by atoms with E-state index in [2.05, 4.69) is 15.5 Å². The fraction of sp³-hybridized carbons (Fsp3) is 0.150. The maximum absolute atomic E-state index is 12.3. The summed E-state index contributed by atoms with van der Waals surface area (Å²) in [6.45, 7) is 0. The number of furan rings is 1. The molecule has 0 fully saturated rings. The number of benzene rings is 2. The van der Waals surface area contributed by atoms with Crippen molar-refractivity contribution < 1.29 is 18.7 Å². The third kappa shape index (κ3) is 3.90. The largest absolute Gasteiger partial charge is 0.497 e. The van der Waals surface area contributed by atoms with E-state index in [1.54, 1.807) is 38.5 Å². The Morgan fingerprint density at radius 1 is 1.17 bits per heavy atom. The average Bonchev–Trinajstić information content (AvgIpc) is 3.35. The van der Waals surface area contributed by atoms with Crippen LogP contribution in [0.2, 0.25) is 0 Å². The molecule has 9 nitrogen and oxygen atoms in total. The summed E-state index contributed by atoms with van der Waals surface area (Å²) >= 11 is 1.17. The van der Waals surface area contributed by atoms with Crippen LogP contribution in [0.25, 0.3) is 22.6 Å². The molecule has 0 spiro atoms. The van der Waals surface area contributed by atoms with Crippen LogP contribution in [0.4, 0.5) is 5.69 Å². The van der Waals surface area contributed by atoms with Gasteiger partial charge in [0.05, 0.1) is 20.0 Å². The molecule has 0 radical (unpaired) electrons. The second-order valence-corrected chi connectivity index (χ2v) is 7.18. The fourth-order valence-corrected chi connectivity index (χ4v) is 3.54. The van der Waals surface area contributed by atoms with Crippen molar-refractivity contribution >= 4 is 34.3 Å². The van der Waals surface area contributed by atoms with Crippen LogP contribution in [-0.4, -0.2) is 40.8 Å². The molecule has 1 amide bonds. The van der Waals surface area contributed by atoms with Gasteiger partial charge >= 0.3 is 0 Å². The van der Waals surface area contributed by atoms with E-state index in [0.717, 1.165) is 5.39 Å². The molecule has 30 heavy (non-hydrogen) atoms. The number of fused-ring (bicyclic) bond motifs is 1. The Morgan fingerprint density at radius 3 is 2.80 bits per heavy atom. The summed E-state index contributed by atoms with van der Waals surface area (Å²) in [6, 6.07) is 14.5. The first-order chi connectivity index (χ1) is 14.6. The van der Waals surface area contributed by atoms with Gasteiger partial charge < -0.3 is 25.1 Å². The number of aromatic nitrogens is 3. The molecule has 4 rings (SSSR count). The van der Waals surface area contributed by atoms with Crippen LogP contribution in [0.1, 0.15) is 0 Å². The highest BCUT2D eigenvalue weighted by molar-refractivity contribution is 7.99. The maximum atomic E-state index is 12.3. The Labute approximate surface area is 176 Å². The minimum atomic E-state index is -0.203. The number of carbonyl (C=O) groups is 1. The Bertz CT molecular complexity index is 1200. The SMILES string of the molecule is COc1cccc(NC(=O)CSc2nnc(-c3cc4cccc(OC)c4o3)n2N)c1. The van der Waals surface area contributed by atoms with Crippen LogP contribution < -0.4 is 20.6 Å². The number of methoxy groups -OCH3 is 2. The Hall–Kier alpha value is -3.66. The average molecular weight is 425 g/mol. The number of para-hydroxylation sites is 1. The molecule has 0 aliphatic heterocycles. The summed E-state index contributed by atoms with van der Waals surface area (Å²) in [5.41, 5.74) is 1.25. The summed E-state index contributed by atoms with van der Waals surface area (Å²) in [6.07, 6.45) is 0. The Balaban J connectivity index is 1.46. The fourth-order valence-electron chi connectivity index (χ4n) is 2.88. The molecule has 154 valence electrons. The number of amides is 1. The van der Waals surface area contributed by atoms with Gasteiger partial charge in [0.25, 0.3) is 0 Å². The van der Waals surface area contributed by atoms with Crippen LogP contribution in [0.3, 0.4) is 0 Å². The van der Waals surface area contributed by atoms with Crippen LogP contribution in [-0.2, 0) is 4.79 Å². The lowest BCUT2D eigenvalue weighted by Gasteiger charge is -2.06. The molecule has 0 atom stereocenters. The molecule has 0 saturated heterocycles. The van der Waals surface area contributed by atoms with E-state index in [4.69, 9.17) is 19.7 Å². The van der Waals surface area contributed by atoms with Gasteiger partial charge in [0.2, 0.25) is 16.9 Å². The smallest absolute Gasteiger partial charge is 0.234 e. The number of nitrogens with two attached hydrogens (primary N) is 1. The number of nitrogens with one attached hydrogen (secondary N) is 1. The molecule has 0 saturated carbocycles. The van der Waals surface area contributed by atoms with Crippen molar-refractivity contribution in [1.82, 2.24) is 14.9 Å². The Kier molecular flexibility index (Phi) is 5.48. The van der Waals surface area contributed by atoms with E-state index in [0.29, 0.717) is 39.5 Å². The number of anilines is 1. The summed E-state index contributed by atoms with van der Waals surface area (Å²) in [4.78, 5) is 12.3. The first-order valence-electron chi connectivity index (χ1n) is 8.93. The molecule has 10 heteroatoms. The van der Waals surface area contributed by atoms with Gasteiger partial charge in [0.1, 0.15) is 5.75 Å². The maximum Gasteiger partial charge on any atom is 0.234 e. The highest BCUT2D eigenvalue weighted by Gasteiger charge is 2.18. The molecule has 3 N–H and O–H groups in total. The second kappa shape index (κ2) is 8.37. The van der Waals surface area contributed by atoms with Crippen molar-refractivity contribution in [2.24, 2.45) is 0 Å². The number of thioether (sulfide) groups is 1. The Morgan fingerprint density at radius 2 is 2.00 bits per heavy atom. The predicted molar refractivity (Wildman–Crippen MR) is 114 cm³/mol.